The number of amides is 2. The van der Waals surface area contributed by atoms with Crippen LogP contribution >= 0.6 is 12.2 Å². The molecule has 0 spiro atoms. The van der Waals surface area contributed by atoms with E-state index in [4.69, 9.17) is 12.2 Å². The molecule has 0 radical (unpaired) electrons. The number of hydrogen-bond donors (Lipinski definition) is 3. The molecule has 2 amide bonds. The summed E-state index contributed by atoms with van der Waals surface area (Å²) in [6.45, 7) is 10.9. The van der Waals surface area contributed by atoms with Gasteiger partial charge in [-0.05, 0) is 36.3 Å². The fraction of sp³-hybridized carbons (Fsp3) is 0.450. The lowest BCUT2D eigenvalue weighted by Crippen LogP contribution is -2.53. The normalized spacial score (nSPS) is 14.2. The Morgan fingerprint density at radius 1 is 1.11 bits per heavy atom. The van der Waals surface area contributed by atoms with Crippen molar-refractivity contribution in [2.45, 2.75) is 13.3 Å². The number of carbonyl (C=O) groups excluding carboxylic acids is 2. The maximum atomic E-state index is 12.0. The van der Waals surface area contributed by atoms with Gasteiger partial charge in [0, 0.05) is 51.5 Å². The summed E-state index contributed by atoms with van der Waals surface area (Å²) in [7, 11) is 0. The zero-order chi connectivity index (χ0) is 20.4. The largest absolute Gasteiger partial charge is 0.359 e. The van der Waals surface area contributed by atoms with Crippen LogP contribution in [0.15, 0.2) is 36.9 Å². The van der Waals surface area contributed by atoms with Crippen molar-refractivity contribution in [1.29, 1.82) is 0 Å². The van der Waals surface area contributed by atoms with E-state index in [1.165, 1.54) is 5.56 Å². The number of aryl methyl sites for hydroxylation is 1. The average Bonchev–Trinajstić information content (AvgIpc) is 2.72. The third-order valence-corrected chi connectivity index (χ3v) is 5.00. The predicted molar refractivity (Wildman–Crippen MR) is 116 cm³/mol. The van der Waals surface area contributed by atoms with E-state index in [0.717, 1.165) is 37.7 Å². The summed E-state index contributed by atoms with van der Waals surface area (Å²) in [5.41, 5.74) is 1.80. The van der Waals surface area contributed by atoms with Gasteiger partial charge in [-0.1, -0.05) is 25.1 Å². The van der Waals surface area contributed by atoms with Crippen LogP contribution in [0.1, 0.15) is 12.5 Å². The summed E-state index contributed by atoms with van der Waals surface area (Å²) in [5, 5.41) is 9.18. The molecule has 8 heteroatoms. The lowest BCUT2D eigenvalue weighted by atomic mass is 10.1. The van der Waals surface area contributed by atoms with E-state index in [2.05, 4.69) is 39.3 Å². The van der Waals surface area contributed by atoms with Gasteiger partial charge in [0.15, 0.2) is 5.11 Å². The first-order valence-corrected chi connectivity index (χ1v) is 9.98. The molecule has 2 rings (SSSR count). The number of piperazine rings is 1. The predicted octanol–water partition coefficient (Wildman–Crippen LogP) is 0.982. The van der Waals surface area contributed by atoms with Crippen molar-refractivity contribution < 1.29 is 9.59 Å². The molecule has 1 aromatic carbocycles. The number of anilines is 1. The highest BCUT2D eigenvalue weighted by molar-refractivity contribution is 7.80. The van der Waals surface area contributed by atoms with Crippen molar-refractivity contribution in [3.8, 4) is 0 Å². The van der Waals surface area contributed by atoms with E-state index in [0.29, 0.717) is 25.3 Å². The molecule has 0 aliphatic carbocycles. The summed E-state index contributed by atoms with van der Waals surface area (Å²) in [4.78, 5) is 28.3. The van der Waals surface area contributed by atoms with Crippen LogP contribution in [-0.2, 0) is 16.0 Å². The van der Waals surface area contributed by atoms with Crippen LogP contribution in [-0.4, -0.2) is 72.5 Å². The Kier molecular flexibility index (Phi) is 8.90. The van der Waals surface area contributed by atoms with Gasteiger partial charge in [0.05, 0.1) is 0 Å². The molecule has 3 N–H and O–H groups in total. The van der Waals surface area contributed by atoms with Gasteiger partial charge < -0.3 is 20.9 Å². The number of rotatable bonds is 7. The number of nitrogens with one attached hydrogen (secondary N) is 3. The first-order valence-electron chi connectivity index (χ1n) is 9.57. The molecule has 0 bridgehead atoms. The Bertz CT molecular complexity index is 684. The van der Waals surface area contributed by atoms with Gasteiger partial charge in [0.1, 0.15) is 0 Å². The highest BCUT2D eigenvalue weighted by Gasteiger charge is 2.19. The molecule has 0 aromatic heterocycles. The second-order valence-corrected chi connectivity index (χ2v) is 6.95. The molecule has 1 aromatic rings. The van der Waals surface area contributed by atoms with Gasteiger partial charge in [-0.2, -0.15) is 0 Å². The summed E-state index contributed by atoms with van der Waals surface area (Å²) < 4.78 is 0. The van der Waals surface area contributed by atoms with Crippen LogP contribution in [0.3, 0.4) is 0 Å². The van der Waals surface area contributed by atoms with E-state index in [1.807, 2.05) is 12.1 Å². The molecule has 1 fully saturated rings. The second-order valence-electron chi connectivity index (χ2n) is 6.56. The average molecular weight is 404 g/mol. The Labute approximate surface area is 172 Å². The fourth-order valence-electron chi connectivity index (χ4n) is 2.87. The highest BCUT2D eigenvalue weighted by atomic mass is 32.1. The third-order valence-electron chi connectivity index (χ3n) is 4.60. The van der Waals surface area contributed by atoms with E-state index < -0.39 is 11.8 Å². The minimum Gasteiger partial charge on any atom is -0.359 e. The van der Waals surface area contributed by atoms with Crippen LogP contribution in [0.4, 0.5) is 5.69 Å². The number of carbonyl (C=O) groups is 2. The van der Waals surface area contributed by atoms with Gasteiger partial charge in [-0.25, -0.2) is 0 Å². The number of hydrogen-bond acceptors (Lipinski definition) is 4. The molecule has 0 saturated carbocycles. The summed E-state index contributed by atoms with van der Waals surface area (Å²) in [5.74, 6) is -1.26. The van der Waals surface area contributed by atoms with E-state index >= 15 is 0 Å². The second kappa shape index (κ2) is 11.4. The minimum absolute atomic E-state index is 0.431. The number of benzene rings is 1. The molecule has 1 aliphatic heterocycles. The molecule has 1 heterocycles. The highest BCUT2D eigenvalue weighted by Crippen LogP contribution is 2.09. The van der Waals surface area contributed by atoms with Crippen LogP contribution in [0.5, 0.6) is 0 Å². The summed E-state index contributed by atoms with van der Waals surface area (Å²) >= 11 is 5.34. The monoisotopic (exact) mass is 403 g/mol. The van der Waals surface area contributed by atoms with Crippen molar-refractivity contribution in [1.82, 2.24) is 20.4 Å². The quantitative estimate of drug-likeness (QED) is 0.358. The van der Waals surface area contributed by atoms with E-state index in [1.54, 1.807) is 18.2 Å². The molecular formula is C20H29N5O2S. The smallest absolute Gasteiger partial charge is 0.313 e. The zero-order valence-corrected chi connectivity index (χ0v) is 17.2. The Balaban J connectivity index is 1.64. The molecular weight excluding hydrogens is 374 g/mol. The van der Waals surface area contributed by atoms with Crippen LogP contribution < -0.4 is 16.0 Å². The van der Waals surface area contributed by atoms with Gasteiger partial charge in [-0.15, -0.1) is 6.58 Å². The van der Waals surface area contributed by atoms with Crippen molar-refractivity contribution in [3.63, 3.8) is 0 Å². The Morgan fingerprint density at radius 3 is 2.39 bits per heavy atom. The zero-order valence-electron chi connectivity index (χ0n) is 16.4. The van der Waals surface area contributed by atoms with Crippen LogP contribution in [0.25, 0.3) is 0 Å². The molecule has 0 atom stereocenters. The van der Waals surface area contributed by atoms with Crippen molar-refractivity contribution in [2.24, 2.45) is 0 Å². The van der Waals surface area contributed by atoms with Crippen molar-refractivity contribution in [2.75, 3.05) is 51.1 Å². The summed E-state index contributed by atoms with van der Waals surface area (Å²) in [6.07, 6.45) is 2.71. The molecule has 7 nitrogen and oxygen atoms in total. The SMILES string of the molecule is C=CCNC(=S)N1CCN(CCNC(=O)C(=O)Nc2ccc(CC)cc2)CC1. The Hall–Kier alpha value is -2.45. The molecule has 0 unspecified atom stereocenters. The number of thiocarbonyl (C=S) groups is 1. The van der Waals surface area contributed by atoms with Gasteiger partial charge in [0.25, 0.3) is 0 Å². The van der Waals surface area contributed by atoms with Gasteiger partial charge >= 0.3 is 11.8 Å². The standard InChI is InChI=1S/C20H29N5O2S/c1-3-9-22-20(28)25-14-12-24(13-15-25)11-10-21-18(26)19(27)23-17-7-5-16(4-2)6-8-17/h3,5-8H,1,4,9-15H2,2H3,(H,21,26)(H,22,28)(H,23,27). The van der Waals surface area contributed by atoms with Crippen molar-refractivity contribution >= 4 is 34.8 Å². The molecule has 1 aliphatic rings. The first-order chi connectivity index (χ1) is 13.5. The first kappa shape index (κ1) is 21.8. The lowest BCUT2D eigenvalue weighted by molar-refractivity contribution is -0.136. The molecule has 28 heavy (non-hydrogen) atoms. The lowest BCUT2D eigenvalue weighted by Gasteiger charge is -2.36. The van der Waals surface area contributed by atoms with Crippen LogP contribution in [0.2, 0.25) is 0 Å². The minimum atomic E-state index is -0.646. The van der Waals surface area contributed by atoms with E-state index in [-0.39, 0.29) is 0 Å². The maximum Gasteiger partial charge on any atom is 0.313 e. The third kappa shape index (κ3) is 6.94. The number of nitrogens with zero attached hydrogens (tertiary/aromatic N) is 2. The van der Waals surface area contributed by atoms with Gasteiger partial charge in [0.2, 0.25) is 0 Å². The maximum absolute atomic E-state index is 12.0. The van der Waals surface area contributed by atoms with Crippen molar-refractivity contribution in [3.05, 3.63) is 42.5 Å². The fourth-order valence-corrected chi connectivity index (χ4v) is 3.13. The topological polar surface area (TPSA) is 76.7 Å². The molecule has 152 valence electrons. The molecule has 1 saturated heterocycles. The van der Waals surface area contributed by atoms with E-state index in [9.17, 15) is 9.59 Å². The van der Waals surface area contributed by atoms with Gasteiger partial charge in [-0.3, -0.25) is 14.5 Å². The Morgan fingerprint density at radius 2 is 1.79 bits per heavy atom. The van der Waals surface area contributed by atoms with Crippen LogP contribution in [0, 0.1) is 0 Å². The summed E-state index contributed by atoms with van der Waals surface area (Å²) in [6, 6.07) is 7.48.